The molecule has 0 atom stereocenters. The van der Waals surface area contributed by atoms with Crippen LogP contribution in [-0.4, -0.2) is 36.9 Å². The minimum absolute atomic E-state index is 0.0214. The van der Waals surface area contributed by atoms with Gasteiger partial charge >= 0.3 is 0 Å². The Labute approximate surface area is 162 Å². The lowest BCUT2D eigenvalue weighted by molar-refractivity contribution is 0.104. The fourth-order valence-electron chi connectivity index (χ4n) is 3.64. The summed E-state index contributed by atoms with van der Waals surface area (Å²) in [6.45, 7) is 10.1. The van der Waals surface area contributed by atoms with Gasteiger partial charge in [0.05, 0.1) is 0 Å². The molecule has 2 aromatic rings. The quantitative estimate of drug-likeness (QED) is 0.513. The third-order valence-electron chi connectivity index (χ3n) is 5.20. The summed E-state index contributed by atoms with van der Waals surface area (Å²) in [5, 5.41) is 0. The zero-order valence-corrected chi connectivity index (χ0v) is 16.6. The zero-order chi connectivity index (χ0) is 19.2. The molecule has 1 aliphatic heterocycles. The van der Waals surface area contributed by atoms with Gasteiger partial charge in [0.25, 0.3) is 0 Å². The molecule has 0 N–H and O–H groups in total. The molecule has 142 valence electrons. The van der Waals surface area contributed by atoms with Gasteiger partial charge < -0.3 is 4.74 Å². The highest BCUT2D eigenvalue weighted by molar-refractivity contribution is 6.07. The second-order valence-electron chi connectivity index (χ2n) is 7.39. The van der Waals surface area contributed by atoms with E-state index in [2.05, 4.69) is 4.90 Å². The summed E-state index contributed by atoms with van der Waals surface area (Å²) in [5.74, 6) is 0.932. The Morgan fingerprint density at radius 2 is 1.70 bits per heavy atom. The minimum Gasteiger partial charge on any atom is -0.492 e. The maximum absolute atomic E-state index is 12.6. The molecule has 1 fully saturated rings. The number of nitrogens with zero attached hydrogens (tertiary/aromatic N) is 1. The number of allylic oxidation sites excluding steroid dienone is 1. The number of benzene rings is 2. The van der Waals surface area contributed by atoms with E-state index in [-0.39, 0.29) is 5.78 Å². The molecule has 0 amide bonds. The molecule has 3 rings (SSSR count). The Bertz CT molecular complexity index is 809. The van der Waals surface area contributed by atoms with E-state index in [0.29, 0.717) is 12.2 Å². The van der Waals surface area contributed by atoms with Gasteiger partial charge in [-0.05, 0) is 87.2 Å². The smallest absolute Gasteiger partial charge is 0.185 e. The summed E-state index contributed by atoms with van der Waals surface area (Å²) in [7, 11) is 0. The Morgan fingerprint density at radius 3 is 2.37 bits per heavy atom. The summed E-state index contributed by atoms with van der Waals surface area (Å²) in [6, 6.07) is 11.9. The van der Waals surface area contributed by atoms with Crippen molar-refractivity contribution in [1.29, 1.82) is 0 Å². The standard InChI is InChI=1S/C24H29NO2/c1-18-8-4-5-9-21(18)10-11-23(26)22-16-19(2)24(20(3)17-22)27-15-14-25-12-6-7-13-25/h4-5,8-11,16-17H,6-7,12-15H2,1-3H3/b11-10+. The summed E-state index contributed by atoms with van der Waals surface area (Å²) in [5.41, 5.74) is 4.98. The Kier molecular flexibility index (Phi) is 6.46. The van der Waals surface area contributed by atoms with Crippen LogP contribution in [0.1, 0.15) is 45.5 Å². The van der Waals surface area contributed by atoms with E-state index < -0.39 is 0 Å². The van der Waals surface area contributed by atoms with Crippen molar-refractivity contribution in [2.24, 2.45) is 0 Å². The summed E-state index contributed by atoms with van der Waals surface area (Å²) < 4.78 is 6.04. The molecule has 0 saturated carbocycles. The average molecular weight is 364 g/mol. The van der Waals surface area contributed by atoms with E-state index in [9.17, 15) is 4.79 Å². The van der Waals surface area contributed by atoms with E-state index in [0.717, 1.165) is 34.5 Å². The fourth-order valence-corrected chi connectivity index (χ4v) is 3.64. The van der Waals surface area contributed by atoms with Crippen LogP contribution in [-0.2, 0) is 0 Å². The highest BCUT2D eigenvalue weighted by Crippen LogP contribution is 2.25. The molecule has 1 saturated heterocycles. The van der Waals surface area contributed by atoms with E-state index >= 15 is 0 Å². The molecule has 0 aliphatic carbocycles. The molecule has 27 heavy (non-hydrogen) atoms. The van der Waals surface area contributed by atoms with Crippen molar-refractivity contribution in [3.05, 3.63) is 70.3 Å². The van der Waals surface area contributed by atoms with Crippen LogP contribution in [0, 0.1) is 20.8 Å². The number of rotatable bonds is 7. The largest absolute Gasteiger partial charge is 0.492 e. The van der Waals surface area contributed by atoms with Crippen molar-refractivity contribution < 1.29 is 9.53 Å². The molecule has 1 aliphatic rings. The number of hydrogen-bond donors (Lipinski definition) is 0. The summed E-state index contributed by atoms with van der Waals surface area (Å²) in [6.07, 6.45) is 6.14. The molecule has 1 heterocycles. The molecule has 3 nitrogen and oxygen atoms in total. The van der Waals surface area contributed by atoms with Crippen LogP contribution >= 0.6 is 0 Å². The van der Waals surface area contributed by atoms with Gasteiger partial charge in [0, 0.05) is 12.1 Å². The van der Waals surface area contributed by atoms with Crippen LogP contribution in [0.4, 0.5) is 0 Å². The highest BCUT2D eigenvalue weighted by atomic mass is 16.5. The molecular formula is C24H29NO2. The average Bonchev–Trinajstić information content (AvgIpc) is 3.16. The second kappa shape index (κ2) is 9.01. The van der Waals surface area contributed by atoms with Crippen LogP contribution in [0.2, 0.25) is 0 Å². The van der Waals surface area contributed by atoms with E-state index in [4.69, 9.17) is 4.74 Å². The second-order valence-corrected chi connectivity index (χ2v) is 7.39. The lowest BCUT2D eigenvalue weighted by atomic mass is 10.0. The molecule has 3 heteroatoms. The van der Waals surface area contributed by atoms with Gasteiger partial charge in [0.2, 0.25) is 0 Å². The third kappa shape index (κ3) is 5.08. The molecule has 0 spiro atoms. The first-order valence-electron chi connectivity index (χ1n) is 9.79. The third-order valence-corrected chi connectivity index (χ3v) is 5.20. The maximum Gasteiger partial charge on any atom is 0.185 e. The van der Waals surface area contributed by atoms with Crippen LogP contribution in [0.15, 0.2) is 42.5 Å². The van der Waals surface area contributed by atoms with Gasteiger partial charge in [-0.25, -0.2) is 0 Å². The normalized spacial score (nSPS) is 14.8. The monoisotopic (exact) mass is 363 g/mol. The highest BCUT2D eigenvalue weighted by Gasteiger charge is 2.13. The minimum atomic E-state index is 0.0214. The van der Waals surface area contributed by atoms with Gasteiger partial charge in [0.15, 0.2) is 5.78 Å². The van der Waals surface area contributed by atoms with Gasteiger partial charge in [-0.2, -0.15) is 0 Å². The predicted octanol–water partition coefficient (Wildman–Crippen LogP) is 4.98. The van der Waals surface area contributed by atoms with E-state index in [1.807, 2.05) is 63.2 Å². The van der Waals surface area contributed by atoms with Crippen molar-refractivity contribution in [2.45, 2.75) is 33.6 Å². The molecule has 0 radical (unpaired) electrons. The lowest BCUT2D eigenvalue weighted by Crippen LogP contribution is -2.25. The molecule has 0 bridgehead atoms. The van der Waals surface area contributed by atoms with Crippen LogP contribution in [0.3, 0.4) is 0 Å². The van der Waals surface area contributed by atoms with Crippen molar-refractivity contribution in [1.82, 2.24) is 4.90 Å². The van der Waals surface area contributed by atoms with Crippen LogP contribution in [0.25, 0.3) is 6.08 Å². The van der Waals surface area contributed by atoms with Crippen molar-refractivity contribution in [2.75, 3.05) is 26.2 Å². The SMILES string of the molecule is Cc1ccccc1/C=C/C(=O)c1cc(C)c(OCCN2CCCC2)c(C)c1. The van der Waals surface area contributed by atoms with Crippen molar-refractivity contribution >= 4 is 11.9 Å². The molecule has 0 unspecified atom stereocenters. The van der Waals surface area contributed by atoms with Crippen molar-refractivity contribution in [3.8, 4) is 5.75 Å². The Hall–Kier alpha value is -2.39. The Morgan fingerprint density at radius 1 is 1.04 bits per heavy atom. The first kappa shape index (κ1) is 19.4. The number of carbonyl (C=O) groups excluding carboxylic acids is 1. The number of likely N-dealkylation sites (tertiary alicyclic amines) is 1. The summed E-state index contributed by atoms with van der Waals surface area (Å²) >= 11 is 0. The van der Waals surface area contributed by atoms with E-state index in [1.54, 1.807) is 6.08 Å². The number of ketones is 1. The van der Waals surface area contributed by atoms with E-state index in [1.165, 1.54) is 25.9 Å². The van der Waals surface area contributed by atoms with Gasteiger partial charge in [-0.1, -0.05) is 30.3 Å². The number of carbonyl (C=O) groups is 1. The van der Waals surface area contributed by atoms with Crippen LogP contribution < -0.4 is 4.74 Å². The van der Waals surface area contributed by atoms with Crippen molar-refractivity contribution in [3.63, 3.8) is 0 Å². The zero-order valence-electron chi connectivity index (χ0n) is 16.6. The van der Waals surface area contributed by atoms with Gasteiger partial charge in [0.1, 0.15) is 12.4 Å². The van der Waals surface area contributed by atoms with Gasteiger partial charge in [-0.3, -0.25) is 9.69 Å². The first-order valence-corrected chi connectivity index (χ1v) is 9.79. The molecule has 2 aromatic carbocycles. The predicted molar refractivity (Wildman–Crippen MR) is 112 cm³/mol. The first-order chi connectivity index (χ1) is 13.0. The Balaban J connectivity index is 1.66. The number of hydrogen-bond acceptors (Lipinski definition) is 3. The maximum atomic E-state index is 12.6. The molecule has 0 aromatic heterocycles. The number of ether oxygens (including phenoxy) is 1. The number of aryl methyl sites for hydroxylation is 3. The molecular weight excluding hydrogens is 334 g/mol. The van der Waals surface area contributed by atoms with Gasteiger partial charge in [-0.15, -0.1) is 0 Å². The summed E-state index contributed by atoms with van der Waals surface area (Å²) in [4.78, 5) is 15.0. The lowest BCUT2D eigenvalue weighted by Gasteiger charge is -2.17. The fraction of sp³-hybridized carbons (Fsp3) is 0.375. The topological polar surface area (TPSA) is 29.5 Å². The van der Waals surface area contributed by atoms with Crippen LogP contribution in [0.5, 0.6) is 5.75 Å².